The normalized spacial score (nSPS) is 16.8. The number of carbonyl (C=O) groups is 1. The van der Waals surface area contributed by atoms with Gasteiger partial charge in [0.2, 0.25) is 12.8 Å². The minimum absolute atomic E-state index is 0.218. The number of anilines is 1. The first-order valence-electron chi connectivity index (χ1n) is 7.61. The molecule has 126 valence electrons. The average molecular weight is 400 g/mol. The quantitative estimate of drug-likeness (QED) is 0.787. The van der Waals surface area contributed by atoms with Crippen molar-refractivity contribution in [1.29, 1.82) is 0 Å². The molecule has 0 saturated heterocycles. The Morgan fingerprint density at radius 2 is 1.92 bits per heavy atom. The van der Waals surface area contributed by atoms with Crippen LogP contribution < -0.4 is 19.7 Å². The molecule has 0 spiro atoms. The Hall–Kier alpha value is -2.80. The minimum Gasteiger partial charge on any atom is -0.454 e. The van der Waals surface area contributed by atoms with Gasteiger partial charge < -0.3 is 14.4 Å². The maximum absolute atomic E-state index is 12.2. The van der Waals surface area contributed by atoms with Crippen LogP contribution in [0, 0.1) is 0 Å². The number of nitrogens with zero attached hydrogens (tertiary/aromatic N) is 2. The van der Waals surface area contributed by atoms with Crippen LogP contribution >= 0.6 is 15.9 Å². The summed E-state index contributed by atoms with van der Waals surface area (Å²) in [5.74, 6) is 1.62. The molecule has 0 aliphatic carbocycles. The molecule has 0 unspecified atom stereocenters. The lowest BCUT2D eigenvalue weighted by atomic mass is 10.1. The zero-order valence-corrected chi connectivity index (χ0v) is 14.9. The molecule has 0 radical (unpaired) electrons. The molecule has 2 heterocycles. The second kappa shape index (κ2) is 6.25. The van der Waals surface area contributed by atoms with Crippen LogP contribution in [-0.2, 0) is 4.79 Å². The van der Waals surface area contributed by atoms with Crippen LogP contribution in [0.3, 0.4) is 0 Å². The fourth-order valence-corrected chi connectivity index (χ4v) is 2.83. The molecule has 4 rings (SSSR count). The van der Waals surface area contributed by atoms with Crippen LogP contribution in [-0.4, -0.2) is 25.7 Å². The highest BCUT2D eigenvalue weighted by Crippen LogP contribution is 2.33. The summed E-state index contributed by atoms with van der Waals surface area (Å²) >= 11 is 3.41. The molecule has 0 aromatic heterocycles. The number of hydrogen-bond acceptors (Lipinski definition) is 5. The van der Waals surface area contributed by atoms with Crippen molar-refractivity contribution in [2.75, 3.05) is 18.7 Å². The molecule has 0 saturated carbocycles. The van der Waals surface area contributed by atoms with Gasteiger partial charge >= 0.3 is 0 Å². The van der Waals surface area contributed by atoms with E-state index < -0.39 is 0 Å². The summed E-state index contributed by atoms with van der Waals surface area (Å²) in [6, 6.07) is 13.3. The van der Waals surface area contributed by atoms with Crippen LogP contribution in [0.25, 0.3) is 6.08 Å². The Balaban J connectivity index is 1.60. The van der Waals surface area contributed by atoms with E-state index in [2.05, 4.69) is 26.2 Å². The number of ether oxygens (including phenoxy) is 2. The summed E-state index contributed by atoms with van der Waals surface area (Å²) in [7, 11) is 1.85. The van der Waals surface area contributed by atoms with Gasteiger partial charge in [-0.15, -0.1) is 0 Å². The average Bonchev–Trinajstić information content (AvgIpc) is 3.21. The minimum atomic E-state index is -0.239. The number of carbonyl (C=O) groups excluding carboxylic acids is 1. The molecule has 2 aromatic rings. The van der Waals surface area contributed by atoms with Gasteiger partial charge in [-0.1, -0.05) is 22.0 Å². The number of guanidine groups is 1. The van der Waals surface area contributed by atoms with Gasteiger partial charge in [-0.05, 0) is 48.0 Å². The van der Waals surface area contributed by atoms with E-state index in [0.717, 1.165) is 15.7 Å². The summed E-state index contributed by atoms with van der Waals surface area (Å²) < 4.78 is 11.6. The monoisotopic (exact) mass is 399 g/mol. The molecular weight excluding hydrogens is 386 g/mol. The Morgan fingerprint density at radius 1 is 1.16 bits per heavy atom. The largest absolute Gasteiger partial charge is 0.454 e. The van der Waals surface area contributed by atoms with Crippen molar-refractivity contribution in [3.05, 3.63) is 58.2 Å². The maximum atomic E-state index is 12.2. The van der Waals surface area contributed by atoms with E-state index in [1.54, 1.807) is 6.08 Å². The second-order valence-electron chi connectivity index (χ2n) is 5.57. The third kappa shape index (κ3) is 3.10. The van der Waals surface area contributed by atoms with Crippen molar-refractivity contribution >= 4 is 39.6 Å². The SMILES string of the molecule is CN(C1=N/C(=C\c2ccc3c(c2)OCO3)C(=O)N1)c1ccc(Br)cc1. The third-order valence-corrected chi connectivity index (χ3v) is 4.44. The highest BCUT2D eigenvalue weighted by Gasteiger charge is 2.23. The lowest BCUT2D eigenvalue weighted by Gasteiger charge is -2.18. The van der Waals surface area contributed by atoms with Crippen LogP contribution in [0.4, 0.5) is 5.69 Å². The van der Waals surface area contributed by atoms with Gasteiger partial charge in [0.05, 0.1) is 0 Å². The van der Waals surface area contributed by atoms with Crippen LogP contribution in [0.2, 0.25) is 0 Å². The van der Waals surface area contributed by atoms with E-state index >= 15 is 0 Å². The summed E-state index contributed by atoms with van der Waals surface area (Å²) in [5.41, 5.74) is 2.09. The molecule has 7 heteroatoms. The molecule has 6 nitrogen and oxygen atoms in total. The Bertz CT molecular complexity index is 906. The number of nitrogens with one attached hydrogen (secondary N) is 1. The van der Waals surface area contributed by atoms with Crippen LogP contribution in [0.5, 0.6) is 11.5 Å². The smallest absolute Gasteiger partial charge is 0.276 e. The van der Waals surface area contributed by atoms with Crippen molar-refractivity contribution in [1.82, 2.24) is 5.32 Å². The van der Waals surface area contributed by atoms with E-state index in [1.165, 1.54) is 0 Å². The molecule has 25 heavy (non-hydrogen) atoms. The fraction of sp³-hybridized carbons (Fsp3) is 0.111. The lowest BCUT2D eigenvalue weighted by Crippen LogP contribution is -2.37. The zero-order valence-electron chi connectivity index (χ0n) is 13.3. The van der Waals surface area contributed by atoms with Crippen molar-refractivity contribution in [3.63, 3.8) is 0 Å². The van der Waals surface area contributed by atoms with Crippen molar-refractivity contribution in [3.8, 4) is 11.5 Å². The van der Waals surface area contributed by atoms with Gasteiger partial charge in [0.1, 0.15) is 5.70 Å². The van der Waals surface area contributed by atoms with Crippen LogP contribution in [0.1, 0.15) is 5.56 Å². The van der Waals surface area contributed by atoms with Gasteiger partial charge in [-0.3, -0.25) is 10.1 Å². The van der Waals surface area contributed by atoms with Gasteiger partial charge in [0.25, 0.3) is 5.91 Å². The van der Waals surface area contributed by atoms with E-state index in [9.17, 15) is 4.79 Å². The molecule has 0 fully saturated rings. The standard InChI is InChI=1S/C18H14BrN3O3/c1-22(13-5-3-12(19)4-6-13)18-20-14(17(23)21-18)8-11-2-7-15-16(9-11)25-10-24-15/h2-9H,10H2,1H3,(H,20,21,23)/b14-8-. The summed E-state index contributed by atoms with van der Waals surface area (Å²) in [6.45, 7) is 0.218. The van der Waals surface area contributed by atoms with E-state index in [1.807, 2.05) is 54.4 Å². The first-order valence-corrected chi connectivity index (χ1v) is 8.40. The van der Waals surface area contributed by atoms with Crippen molar-refractivity contribution < 1.29 is 14.3 Å². The Kier molecular flexibility index (Phi) is 3.93. The first kappa shape index (κ1) is 15.7. The Morgan fingerprint density at radius 3 is 2.72 bits per heavy atom. The fourth-order valence-electron chi connectivity index (χ4n) is 2.56. The molecule has 1 N–H and O–H groups in total. The number of aliphatic imine (C=N–C) groups is 1. The molecule has 2 aromatic carbocycles. The van der Waals surface area contributed by atoms with Gasteiger partial charge in [0, 0.05) is 17.2 Å². The lowest BCUT2D eigenvalue weighted by molar-refractivity contribution is -0.115. The second-order valence-corrected chi connectivity index (χ2v) is 6.48. The molecule has 0 bridgehead atoms. The van der Waals surface area contributed by atoms with Gasteiger partial charge in [0.15, 0.2) is 11.5 Å². The summed E-state index contributed by atoms with van der Waals surface area (Å²) in [4.78, 5) is 18.5. The number of benzene rings is 2. The van der Waals surface area contributed by atoms with E-state index in [4.69, 9.17) is 9.47 Å². The molecular formula is C18H14BrN3O3. The van der Waals surface area contributed by atoms with Gasteiger partial charge in [-0.2, -0.15) is 0 Å². The highest BCUT2D eigenvalue weighted by molar-refractivity contribution is 9.10. The first-order chi connectivity index (χ1) is 12.1. The highest BCUT2D eigenvalue weighted by atomic mass is 79.9. The molecule has 1 amide bonds. The molecule has 0 atom stereocenters. The molecule has 2 aliphatic rings. The summed E-state index contributed by atoms with van der Waals surface area (Å²) in [6.07, 6.45) is 1.72. The van der Waals surface area contributed by atoms with E-state index in [0.29, 0.717) is 23.2 Å². The van der Waals surface area contributed by atoms with Gasteiger partial charge in [-0.25, -0.2) is 4.99 Å². The number of fused-ring (bicyclic) bond motifs is 1. The number of halogens is 1. The number of rotatable bonds is 2. The zero-order chi connectivity index (χ0) is 17.4. The van der Waals surface area contributed by atoms with Crippen LogP contribution in [0.15, 0.2) is 57.6 Å². The third-order valence-electron chi connectivity index (χ3n) is 3.92. The predicted octanol–water partition coefficient (Wildman–Crippen LogP) is 3.14. The van der Waals surface area contributed by atoms with Crippen molar-refractivity contribution in [2.45, 2.75) is 0 Å². The maximum Gasteiger partial charge on any atom is 0.276 e. The number of hydrogen-bond donors (Lipinski definition) is 1. The van der Waals surface area contributed by atoms with E-state index in [-0.39, 0.29) is 12.7 Å². The summed E-state index contributed by atoms with van der Waals surface area (Å²) in [5, 5.41) is 2.79. The Labute approximate surface area is 152 Å². The topological polar surface area (TPSA) is 63.2 Å². The molecule has 2 aliphatic heterocycles. The predicted molar refractivity (Wildman–Crippen MR) is 98.7 cm³/mol. The number of amides is 1. The van der Waals surface area contributed by atoms with Crippen molar-refractivity contribution in [2.24, 2.45) is 4.99 Å².